The quantitative estimate of drug-likeness (QED) is 0.635. The van der Waals surface area contributed by atoms with Gasteiger partial charge in [0.2, 0.25) is 15.9 Å². The number of hydrogen-bond donors (Lipinski definition) is 2. The van der Waals surface area contributed by atoms with Crippen LogP contribution in [0.1, 0.15) is 37.0 Å². The van der Waals surface area contributed by atoms with Crippen LogP contribution in [0.15, 0.2) is 54.6 Å². The van der Waals surface area contributed by atoms with Crippen LogP contribution in [0.25, 0.3) is 0 Å². The lowest BCUT2D eigenvalue weighted by atomic mass is 9.98. The molecule has 2 unspecified atom stereocenters. The molecule has 1 heterocycles. The first-order chi connectivity index (χ1) is 14.4. The lowest BCUT2D eigenvalue weighted by molar-refractivity contribution is -0.162. The van der Waals surface area contributed by atoms with E-state index in [2.05, 4.69) is 4.72 Å². The molecule has 162 valence electrons. The molecule has 0 aliphatic carbocycles. The minimum atomic E-state index is -3.37. The fraction of sp³-hybridized carbons (Fsp3) is 0.409. The molecule has 8 heteroatoms. The lowest BCUT2D eigenvalue weighted by Crippen LogP contribution is -2.52. The Hall–Kier alpha value is -2.42. The molecule has 1 aliphatic rings. The van der Waals surface area contributed by atoms with E-state index in [4.69, 9.17) is 4.74 Å². The number of rotatable bonds is 9. The van der Waals surface area contributed by atoms with Crippen LogP contribution in [0.3, 0.4) is 0 Å². The molecule has 1 saturated heterocycles. The van der Waals surface area contributed by atoms with Crippen molar-refractivity contribution in [1.29, 1.82) is 0 Å². The number of morpholine rings is 1. The number of amides is 1. The molecule has 2 aromatic rings. The van der Waals surface area contributed by atoms with Crippen molar-refractivity contribution >= 4 is 21.6 Å². The van der Waals surface area contributed by atoms with Gasteiger partial charge in [-0.05, 0) is 29.7 Å². The maximum atomic E-state index is 12.5. The number of benzene rings is 2. The van der Waals surface area contributed by atoms with E-state index in [1.54, 1.807) is 29.2 Å². The summed E-state index contributed by atoms with van der Waals surface area (Å²) in [5, 5.41) is 10.0. The second kappa shape index (κ2) is 10.1. The van der Waals surface area contributed by atoms with E-state index in [0.29, 0.717) is 18.7 Å². The fourth-order valence-electron chi connectivity index (χ4n) is 3.51. The Morgan fingerprint density at radius 1 is 1.13 bits per heavy atom. The molecule has 1 aliphatic heterocycles. The highest BCUT2D eigenvalue weighted by atomic mass is 32.2. The molecule has 2 aromatic carbocycles. The number of nitrogens with zero attached hydrogens (tertiary/aromatic N) is 1. The number of sulfonamides is 1. The predicted molar refractivity (Wildman–Crippen MR) is 115 cm³/mol. The van der Waals surface area contributed by atoms with E-state index in [1.165, 1.54) is 0 Å². The second-order valence-corrected chi connectivity index (χ2v) is 9.23. The zero-order chi connectivity index (χ0) is 21.6. The summed E-state index contributed by atoms with van der Waals surface area (Å²) in [4.78, 5) is 14.1. The van der Waals surface area contributed by atoms with Crippen LogP contribution >= 0.6 is 0 Å². The number of ether oxygens (including phenoxy) is 1. The Morgan fingerprint density at radius 2 is 1.83 bits per heavy atom. The zero-order valence-corrected chi connectivity index (χ0v) is 17.8. The zero-order valence-electron chi connectivity index (χ0n) is 17.0. The largest absolute Gasteiger partial charge is 0.394 e. The first kappa shape index (κ1) is 22.3. The van der Waals surface area contributed by atoms with Crippen molar-refractivity contribution in [3.8, 4) is 0 Å². The highest BCUT2D eigenvalue weighted by Gasteiger charge is 2.37. The van der Waals surface area contributed by atoms with Gasteiger partial charge in [-0.1, -0.05) is 55.8 Å². The number of carbonyl (C=O) groups excluding carboxylic acids is 1. The molecule has 0 radical (unpaired) electrons. The van der Waals surface area contributed by atoms with Crippen LogP contribution < -0.4 is 4.72 Å². The minimum Gasteiger partial charge on any atom is -0.394 e. The Labute approximate surface area is 177 Å². The van der Waals surface area contributed by atoms with Gasteiger partial charge in [-0.2, -0.15) is 0 Å². The highest BCUT2D eigenvalue weighted by Crippen LogP contribution is 2.31. The molecule has 0 bridgehead atoms. The van der Waals surface area contributed by atoms with Gasteiger partial charge in [0.1, 0.15) is 12.7 Å². The third-order valence-corrected chi connectivity index (χ3v) is 6.49. The number of unbranched alkanes of at least 4 members (excludes halogenated alkanes) is 1. The van der Waals surface area contributed by atoms with Crippen molar-refractivity contribution in [2.75, 3.05) is 23.7 Å². The van der Waals surface area contributed by atoms with E-state index in [0.717, 1.165) is 17.5 Å². The van der Waals surface area contributed by atoms with Crippen molar-refractivity contribution in [1.82, 2.24) is 4.90 Å². The molecule has 30 heavy (non-hydrogen) atoms. The van der Waals surface area contributed by atoms with Gasteiger partial charge in [0.25, 0.3) is 0 Å². The summed E-state index contributed by atoms with van der Waals surface area (Å²) in [7, 11) is -3.37. The molecular weight excluding hydrogens is 404 g/mol. The van der Waals surface area contributed by atoms with E-state index in [9.17, 15) is 18.3 Å². The predicted octanol–water partition coefficient (Wildman–Crippen LogP) is 2.69. The second-order valence-electron chi connectivity index (χ2n) is 7.39. The Bertz CT molecular complexity index is 932. The highest BCUT2D eigenvalue weighted by molar-refractivity contribution is 7.92. The van der Waals surface area contributed by atoms with E-state index in [-0.39, 0.29) is 24.9 Å². The standard InChI is InChI=1S/C22H28N2O5S/c1-2-3-13-30(27,28)23-19-11-9-18(10-12-19)22-20(15-25)24(21(26)16-29-22)14-17-7-5-4-6-8-17/h4-12,20,22-23,25H,2-3,13-16H2,1H3. The summed E-state index contributed by atoms with van der Waals surface area (Å²) in [5.41, 5.74) is 2.22. The lowest BCUT2D eigenvalue weighted by Gasteiger charge is -2.40. The normalized spacial score (nSPS) is 19.7. The first-order valence-corrected chi connectivity index (χ1v) is 11.7. The van der Waals surface area contributed by atoms with Crippen LogP contribution in [0.2, 0.25) is 0 Å². The summed E-state index contributed by atoms with van der Waals surface area (Å²) >= 11 is 0. The number of aliphatic hydroxyl groups is 1. The summed E-state index contributed by atoms with van der Waals surface area (Å²) in [6.07, 6.45) is 0.911. The van der Waals surface area contributed by atoms with E-state index in [1.807, 2.05) is 37.3 Å². The Kier molecular flexibility index (Phi) is 7.47. The average Bonchev–Trinajstić information content (AvgIpc) is 2.75. The maximum absolute atomic E-state index is 12.5. The van der Waals surface area contributed by atoms with Gasteiger partial charge in [-0.25, -0.2) is 8.42 Å². The molecule has 1 amide bonds. The summed E-state index contributed by atoms with van der Waals surface area (Å²) in [6, 6.07) is 16.0. The number of hydrogen-bond acceptors (Lipinski definition) is 5. The van der Waals surface area contributed by atoms with Crippen molar-refractivity contribution in [2.45, 2.75) is 38.5 Å². The smallest absolute Gasteiger partial charge is 0.249 e. The van der Waals surface area contributed by atoms with Crippen molar-refractivity contribution in [2.24, 2.45) is 0 Å². The molecule has 1 fully saturated rings. The monoisotopic (exact) mass is 432 g/mol. The summed E-state index contributed by atoms with van der Waals surface area (Å²) in [6.45, 7) is 2.02. The van der Waals surface area contributed by atoms with Crippen LogP contribution in [-0.4, -0.2) is 49.3 Å². The number of anilines is 1. The maximum Gasteiger partial charge on any atom is 0.249 e. The molecule has 0 aromatic heterocycles. The number of carbonyl (C=O) groups is 1. The topological polar surface area (TPSA) is 95.9 Å². The van der Waals surface area contributed by atoms with E-state index < -0.39 is 22.2 Å². The molecule has 2 N–H and O–H groups in total. The van der Waals surface area contributed by atoms with E-state index >= 15 is 0 Å². The molecule has 2 atom stereocenters. The number of nitrogens with one attached hydrogen (secondary N) is 1. The van der Waals surface area contributed by atoms with Crippen LogP contribution in [0.5, 0.6) is 0 Å². The molecular formula is C22H28N2O5S. The van der Waals surface area contributed by atoms with Gasteiger partial charge in [-0.15, -0.1) is 0 Å². The molecule has 3 rings (SSSR count). The summed E-state index contributed by atoms with van der Waals surface area (Å²) in [5.74, 6) is -0.0883. The van der Waals surface area contributed by atoms with Gasteiger partial charge in [0, 0.05) is 12.2 Å². The third kappa shape index (κ3) is 5.59. The van der Waals surface area contributed by atoms with Crippen molar-refractivity contribution < 1.29 is 23.1 Å². The molecule has 0 spiro atoms. The van der Waals surface area contributed by atoms with Crippen LogP contribution in [0.4, 0.5) is 5.69 Å². The Balaban J connectivity index is 1.74. The van der Waals surface area contributed by atoms with Crippen molar-refractivity contribution in [3.63, 3.8) is 0 Å². The van der Waals surface area contributed by atoms with Crippen molar-refractivity contribution in [3.05, 3.63) is 65.7 Å². The molecule has 0 saturated carbocycles. The van der Waals surface area contributed by atoms with Gasteiger partial charge in [0.05, 0.1) is 18.4 Å². The van der Waals surface area contributed by atoms with Gasteiger partial charge >= 0.3 is 0 Å². The SMILES string of the molecule is CCCCS(=O)(=O)Nc1ccc(C2OCC(=O)N(Cc3ccccc3)C2CO)cc1. The number of aliphatic hydroxyl groups excluding tert-OH is 1. The average molecular weight is 433 g/mol. The van der Waals surface area contributed by atoms with Crippen LogP contribution in [0, 0.1) is 0 Å². The fourth-order valence-corrected chi connectivity index (χ4v) is 4.77. The van der Waals surface area contributed by atoms with Gasteiger partial charge in [-0.3, -0.25) is 9.52 Å². The minimum absolute atomic E-state index is 0.0700. The molecule has 7 nitrogen and oxygen atoms in total. The summed E-state index contributed by atoms with van der Waals surface area (Å²) < 4.78 is 32.5. The third-order valence-electron chi connectivity index (χ3n) is 5.12. The first-order valence-electron chi connectivity index (χ1n) is 10.1. The van der Waals surface area contributed by atoms with Crippen LogP contribution in [-0.2, 0) is 26.1 Å². The van der Waals surface area contributed by atoms with Gasteiger partial charge < -0.3 is 14.7 Å². The van der Waals surface area contributed by atoms with Gasteiger partial charge in [0.15, 0.2) is 0 Å². The Morgan fingerprint density at radius 3 is 2.47 bits per heavy atom.